The van der Waals surface area contributed by atoms with Crippen LogP contribution in [-0.4, -0.2) is 30.3 Å². The molecule has 2 N–H and O–H groups in total. The van der Waals surface area contributed by atoms with Crippen LogP contribution in [0.15, 0.2) is 18.3 Å². The Kier molecular flexibility index (Phi) is 2.56. The monoisotopic (exact) mass is 270 g/mol. The molecule has 7 nitrogen and oxygen atoms in total. The van der Waals surface area contributed by atoms with Gasteiger partial charge in [-0.05, 0) is 26.8 Å². The molecule has 0 saturated carbocycles. The minimum atomic E-state index is -0.330. The van der Waals surface area contributed by atoms with Crippen LogP contribution in [0.5, 0.6) is 0 Å². The molecule has 0 atom stereocenters. The number of carbonyl (C=O) groups is 1. The molecule has 3 aromatic rings. The van der Waals surface area contributed by atoms with Gasteiger partial charge in [-0.3, -0.25) is 4.79 Å². The zero-order chi connectivity index (χ0) is 14.4. The summed E-state index contributed by atoms with van der Waals surface area (Å²) in [7, 11) is 0. The van der Waals surface area contributed by atoms with Gasteiger partial charge in [0.15, 0.2) is 5.65 Å². The lowest BCUT2D eigenvalue weighted by Crippen LogP contribution is -2.16. The maximum absolute atomic E-state index is 12.5. The molecule has 0 aliphatic carbocycles. The van der Waals surface area contributed by atoms with Crippen molar-refractivity contribution in [3.63, 3.8) is 0 Å². The van der Waals surface area contributed by atoms with E-state index in [0.717, 1.165) is 11.4 Å². The molecule has 20 heavy (non-hydrogen) atoms. The zero-order valence-corrected chi connectivity index (χ0v) is 11.5. The first-order valence-corrected chi connectivity index (χ1v) is 6.16. The van der Waals surface area contributed by atoms with Crippen LogP contribution in [0.2, 0.25) is 0 Å². The Hall–Kier alpha value is -2.70. The summed E-state index contributed by atoms with van der Waals surface area (Å²) in [6.45, 7) is 5.57. The number of fused-ring (bicyclic) bond motifs is 1. The number of hydrogen-bond donors (Lipinski definition) is 1. The van der Waals surface area contributed by atoms with Crippen molar-refractivity contribution in [2.24, 2.45) is 0 Å². The summed E-state index contributed by atoms with van der Waals surface area (Å²) in [5.74, 6) is -0.0284. The zero-order valence-electron chi connectivity index (χ0n) is 11.5. The fourth-order valence-corrected chi connectivity index (χ4v) is 2.22. The van der Waals surface area contributed by atoms with Gasteiger partial charge in [0.25, 0.3) is 5.91 Å². The van der Waals surface area contributed by atoms with Crippen LogP contribution in [0.1, 0.15) is 27.4 Å². The van der Waals surface area contributed by atoms with Crippen LogP contribution in [0, 0.1) is 20.8 Å². The summed E-state index contributed by atoms with van der Waals surface area (Å²) in [5, 5.41) is 8.29. The number of carbonyl (C=O) groups excluding carboxylic acids is 1. The van der Waals surface area contributed by atoms with Gasteiger partial charge in [0.05, 0.1) is 11.9 Å². The lowest BCUT2D eigenvalue weighted by atomic mass is 10.3. The number of rotatable bonds is 1. The third kappa shape index (κ3) is 1.75. The summed E-state index contributed by atoms with van der Waals surface area (Å²) >= 11 is 0. The first-order chi connectivity index (χ1) is 9.47. The van der Waals surface area contributed by atoms with Crippen LogP contribution < -0.4 is 5.73 Å². The lowest BCUT2D eigenvalue weighted by molar-refractivity contribution is 0.0949. The van der Waals surface area contributed by atoms with E-state index in [-0.39, 0.29) is 5.91 Å². The highest BCUT2D eigenvalue weighted by atomic mass is 16.2. The average molecular weight is 270 g/mol. The third-order valence-corrected chi connectivity index (χ3v) is 3.06. The second kappa shape index (κ2) is 4.16. The number of aryl methyl sites for hydroxylation is 3. The van der Waals surface area contributed by atoms with Gasteiger partial charge in [0, 0.05) is 17.5 Å². The van der Waals surface area contributed by atoms with E-state index in [9.17, 15) is 4.79 Å². The largest absolute Gasteiger partial charge is 0.383 e. The van der Waals surface area contributed by atoms with Crippen LogP contribution in [0.25, 0.3) is 5.65 Å². The number of nitrogens with two attached hydrogens (primary N) is 1. The minimum absolute atomic E-state index is 0.302. The van der Waals surface area contributed by atoms with E-state index in [0.29, 0.717) is 22.7 Å². The second-order valence-electron chi connectivity index (χ2n) is 4.76. The van der Waals surface area contributed by atoms with Crippen LogP contribution in [0.4, 0.5) is 5.82 Å². The van der Waals surface area contributed by atoms with Crippen molar-refractivity contribution in [3.8, 4) is 0 Å². The molecule has 102 valence electrons. The molecule has 3 aromatic heterocycles. The lowest BCUT2D eigenvalue weighted by Gasteiger charge is -2.03. The molecular weight excluding hydrogens is 256 g/mol. The number of anilines is 1. The molecule has 0 saturated heterocycles. The summed E-state index contributed by atoms with van der Waals surface area (Å²) in [6.07, 6.45) is 1.49. The maximum atomic E-state index is 12.5. The summed E-state index contributed by atoms with van der Waals surface area (Å²) in [4.78, 5) is 16.9. The van der Waals surface area contributed by atoms with E-state index in [1.165, 1.54) is 10.9 Å². The Labute approximate surface area is 115 Å². The summed E-state index contributed by atoms with van der Waals surface area (Å²) in [5.41, 5.74) is 9.11. The molecule has 3 rings (SSSR count). The quantitative estimate of drug-likeness (QED) is 0.715. The van der Waals surface area contributed by atoms with Crippen molar-refractivity contribution in [3.05, 3.63) is 41.0 Å². The van der Waals surface area contributed by atoms with Gasteiger partial charge in [-0.25, -0.2) is 9.50 Å². The van der Waals surface area contributed by atoms with Crippen LogP contribution >= 0.6 is 0 Å². The topological polar surface area (TPSA) is 91.1 Å². The van der Waals surface area contributed by atoms with Crippen molar-refractivity contribution in [1.29, 1.82) is 0 Å². The van der Waals surface area contributed by atoms with Crippen LogP contribution in [-0.2, 0) is 0 Å². The molecule has 0 aliphatic heterocycles. The van der Waals surface area contributed by atoms with Crippen molar-refractivity contribution >= 4 is 17.4 Å². The highest BCUT2D eigenvalue weighted by Gasteiger charge is 2.19. The van der Waals surface area contributed by atoms with E-state index >= 15 is 0 Å². The Morgan fingerprint density at radius 3 is 2.60 bits per heavy atom. The highest BCUT2D eigenvalue weighted by molar-refractivity contribution is 6.01. The predicted molar refractivity (Wildman–Crippen MR) is 73.6 cm³/mol. The molecule has 0 bridgehead atoms. The SMILES string of the molecule is Cc1cc(C)n2ncc(C(=O)n3nc(C)cc3N)c2n1. The first-order valence-electron chi connectivity index (χ1n) is 6.16. The van der Waals surface area contributed by atoms with E-state index < -0.39 is 0 Å². The van der Waals surface area contributed by atoms with Gasteiger partial charge in [-0.15, -0.1) is 0 Å². The molecule has 7 heteroatoms. The molecule has 0 fully saturated rings. The number of hydrogen-bond acceptors (Lipinski definition) is 5. The van der Waals surface area contributed by atoms with E-state index in [2.05, 4.69) is 15.2 Å². The molecule has 0 aliphatic rings. The average Bonchev–Trinajstić information content (AvgIpc) is 2.92. The highest BCUT2D eigenvalue weighted by Crippen LogP contribution is 2.15. The van der Waals surface area contributed by atoms with E-state index in [4.69, 9.17) is 5.73 Å². The van der Waals surface area contributed by atoms with E-state index in [1.54, 1.807) is 17.5 Å². The number of aromatic nitrogens is 5. The van der Waals surface area contributed by atoms with Gasteiger partial charge in [0.2, 0.25) is 0 Å². The van der Waals surface area contributed by atoms with E-state index in [1.807, 2.05) is 19.9 Å². The molecular formula is C13H14N6O. The van der Waals surface area contributed by atoms with Gasteiger partial charge in [0.1, 0.15) is 11.4 Å². The number of nitrogens with zero attached hydrogens (tertiary/aromatic N) is 5. The summed E-state index contributed by atoms with van der Waals surface area (Å²) in [6, 6.07) is 3.55. The normalized spacial score (nSPS) is 11.2. The number of nitrogen functional groups attached to an aromatic ring is 1. The molecule has 0 radical (unpaired) electrons. The Bertz CT molecular complexity index is 829. The molecule has 0 amide bonds. The van der Waals surface area contributed by atoms with Gasteiger partial charge < -0.3 is 5.73 Å². The predicted octanol–water partition coefficient (Wildman–Crippen LogP) is 1.12. The van der Waals surface area contributed by atoms with Crippen LogP contribution in [0.3, 0.4) is 0 Å². The van der Waals surface area contributed by atoms with Gasteiger partial charge in [-0.2, -0.15) is 14.9 Å². The molecule has 0 aromatic carbocycles. The third-order valence-electron chi connectivity index (χ3n) is 3.06. The Morgan fingerprint density at radius 2 is 1.95 bits per heavy atom. The van der Waals surface area contributed by atoms with Crippen molar-refractivity contribution in [1.82, 2.24) is 24.4 Å². The smallest absolute Gasteiger partial charge is 0.285 e. The van der Waals surface area contributed by atoms with Crippen molar-refractivity contribution in [2.45, 2.75) is 20.8 Å². The van der Waals surface area contributed by atoms with Crippen molar-refractivity contribution in [2.75, 3.05) is 5.73 Å². The van der Waals surface area contributed by atoms with Crippen molar-refractivity contribution < 1.29 is 4.79 Å². The molecule has 3 heterocycles. The molecule has 0 unspecified atom stereocenters. The standard InChI is InChI=1S/C13H14N6O/c1-7-4-9(3)18-12(16-7)10(6-15-18)13(20)19-11(14)5-8(2)17-19/h4-6H,14H2,1-3H3. The fourth-order valence-electron chi connectivity index (χ4n) is 2.22. The van der Waals surface area contributed by atoms with Gasteiger partial charge in [-0.1, -0.05) is 0 Å². The minimum Gasteiger partial charge on any atom is -0.383 e. The van der Waals surface area contributed by atoms with Gasteiger partial charge >= 0.3 is 0 Å². The maximum Gasteiger partial charge on any atom is 0.285 e. The second-order valence-corrected chi connectivity index (χ2v) is 4.76. The Balaban J connectivity index is 2.20. The first kappa shape index (κ1) is 12.3. The Morgan fingerprint density at radius 1 is 1.20 bits per heavy atom. The summed E-state index contributed by atoms with van der Waals surface area (Å²) < 4.78 is 2.80. The fraction of sp³-hybridized carbons (Fsp3) is 0.231. The molecule has 0 spiro atoms.